The van der Waals surface area contributed by atoms with E-state index in [0.717, 1.165) is 0 Å². The zero-order valence-corrected chi connectivity index (χ0v) is 24.7. The Morgan fingerprint density at radius 1 is 1.07 bits per heavy atom. The number of Topliss-reactive ketones (excluding diaryl/α,β-unsaturated/α-hetero) is 1. The molecule has 0 saturated carbocycles. The monoisotopic (exact) mass is 634 g/mol. The summed E-state index contributed by atoms with van der Waals surface area (Å²) in [7, 11) is 0. The van der Waals surface area contributed by atoms with Crippen LogP contribution in [0.2, 0.25) is 10.0 Å². The highest BCUT2D eigenvalue weighted by molar-refractivity contribution is 6.36. The standard InChI is InChI=1S/C30H25Cl2FN8O3/c1-16(42)23-13-40(26-5-3-19(8-22(23)26)37-20-9-34-15-35-10-20)14-28(43)41-12-18(33)7-27(41)30(44)38-25-11-36-39-29(25)21-4-2-17(31)6-24(21)32/h2-6,8-11,13,15,18,27,37H,7,12,14H2,1H3,(H,36,39)(H,38,44)/t18-,27+/m1/s1. The Kier molecular flexibility index (Phi) is 8.02. The number of H-pyrrole nitrogens is 1. The number of aromatic nitrogens is 5. The van der Waals surface area contributed by atoms with Crippen molar-refractivity contribution in [3.8, 4) is 11.3 Å². The van der Waals surface area contributed by atoms with Crippen LogP contribution in [-0.2, 0) is 16.1 Å². The summed E-state index contributed by atoms with van der Waals surface area (Å²) >= 11 is 12.4. The van der Waals surface area contributed by atoms with Gasteiger partial charge in [-0.2, -0.15) is 5.10 Å². The fourth-order valence-corrected chi connectivity index (χ4v) is 5.86. The number of hydrogen-bond donors (Lipinski definition) is 3. The molecule has 6 rings (SSSR count). The van der Waals surface area contributed by atoms with Crippen molar-refractivity contribution < 1.29 is 18.8 Å². The molecule has 4 heterocycles. The van der Waals surface area contributed by atoms with Crippen LogP contribution in [0, 0.1) is 0 Å². The van der Waals surface area contributed by atoms with Crippen LogP contribution in [0.3, 0.4) is 0 Å². The molecule has 2 aromatic carbocycles. The van der Waals surface area contributed by atoms with Crippen LogP contribution >= 0.6 is 23.2 Å². The maximum Gasteiger partial charge on any atom is 0.247 e. The molecule has 2 atom stereocenters. The molecule has 0 radical (unpaired) electrons. The van der Waals surface area contributed by atoms with Gasteiger partial charge in [-0.3, -0.25) is 19.5 Å². The number of nitrogens with one attached hydrogen (secondary N) is 3. The molecule has 0 spiro atoms. The number of carbonyl (C=O) groups is 3. The predicted molar refractivity (Wildman–Crippen MR) is 165 cm³/mol. The predicted octanol–water partition coefficient (Wildman–Crippen LogP) is 5.65. The number of amides is 2. The van der Waals surface area contributed by atoms with Gasteiger partial charge in [0.15, 0.2) is 5.78 Å². The summed E-state index contributed by atoms with van der Waals surface area (Å²) in [4.78, 5) is 48.7. The molecule has 0 aliphatic carbocycles. The van der Waals surface area contributed by atoms with E-state index in [1.54, 1.807) is 59.6 Å². The summed E-state index contributed by atoms with van der Waals surface area (Å²) in [6.45, 7) is 1.02. The highest BCUT2D eigenvalue weighted by Crippen LogP contribution is 2.34. The molecule has 11 nitrogen and oxygen atoms in total. The van der Waals surface area contributed by atoms with E-state index in [1.165, 1.54) is 24.3 Å². The number of hydrogen-bond acceptors (Lipinski definition) is 7. The van der Waals surface area contributed by atoms with Gasteiger partial charge in [-0.15, -0.1) is 0 Å². The fourth-order valence-electron chi connectivity index (χ4n) is 5.36. The van der Waals surface area contributed by atoms with Gasteiger partial charge in [-0.05, 0) is 43.3 Å². The molecule has 5 aromatic rings. The van der Waals surface area contributed by atoms with Gasteiger partial charge in [0.2, 0.25) is 11.8 Å². The number of likely N-dealkylation sites (tertiary alicyclic amines) is 1. The van der Waals surface area contributed by atoms with E-state index in [2.05, 4.69) is 30.8 Å². The van der Waals surface area contributed by atoms with Gasteiger partial charge in [0.05, 0.1) is 47.2 Å². The van der Waals surface area contributed by atoms with E-state index < -0.39 is 24.0 Å². The number of nitrogens with zero attached hydrogens (tertiary/aromatic N) is 5. The van der Waals surface area contributed by atoms with Crippen molar-refractivity contribution in [3.63, 3.8) is 0 Å². The molecule has 14 heteroatoms. The molecule has 3 aromatic heterocycles. The van der Waals surface area contributed by atoms with Crippen molar-refractivity contribution in [3.05, 3.63) is 83.1 Å². The second kappa shape index (κ2) is 12.1. The van der Waals surface area contributed by atoms with Gasteiger partial charge in [-0.1, -0.05) is 23.2 Å². The molecular weight excluding hydrogens is 610 g/mol. The minimum Gasteiger partial charge on any atom is -0.353 e. The van der Waals surface area contributed by atoms with Gasteiger partial charge in [-0.25, -0.2) is 14.4 Å². The summed E-state index contributed by atoms with van der Waals surface area (Å²) in [5, 5.41) is 14.2. The van der Waals surface area contributed by atoms with Crippen LogP contribution in [0.4, 0.5) is 21.5 Å². The van der Waals surface area contributed by atoms with Gasteiger partial charge < -0.3 is 20.1 Å². The molecule has 0 bridgehead atoms. The number of ketones is 1. The zero-order valence-electron chi connectivity index (χ0n) is 23.2. The first-order valence-electron chi connectivity index (χ1n) is 13.6. The summed E-state index contributed by atoms with van der Waals surface area (Å²) in [6, 6.07) is 9.24. The SMILES string of the molecule is CC(=O)c1cn(CC(=O)N2C[C@H](F)C[C@H]2C(=O)Nc2cn[nH]c2-c2ccc(Cl)cc2Cl)c2ccc(Nc3cncnc3)cc12. The number of fused-ring (bicyclic) bond motifs is 1. The Hall–Kier alpha value is -4.81. The average Bonchev–Trinajstić information content (AvgIpc) is 3.71. The summed E-state index contributed by atoms with van der Waals surface area (Å²) in [5.74, 6) is -1.21. The van der Waals surface area contributed by atoms with Crippen molar-refractivity contribution >= 4 is 68.8 Å². The minimum atomic E-state index is -1.38. The summed E-state index contributed by atoms with van der Waals surface area (Å²) in [6.07, 6.45) is 6.14. The molecule has 3 N–H and O–H groups in total. The van der Waals surface area contributed by atoms with E-state index in [-0.39, 0.29) is 25.3 Å². The summed E-state index contributed by atoms with van der Waals surface area (Å²) < 4.78 is 16.3. The van der Waals surface area contributed by atoms with E-state index in [9.17, 15) is 18.8 Å². The van der Waals surface area contributed by atoms with E-state index in [4.69, 9.17) is 23.2 Å². The van der Waals surface area contributed by atoms with Crippen molar-refractivity contribution in [2.24, 2.45) is 0 Å². The Labute approximate surface area is 260 Å². The van der Waals surface area contributed by atoms with Crippen LogP contribution in [0.15, 0.2) is 67.5 Å². The van der Waals surface area contributed by atoms with E-state index in [1.807, 2.05) is 0 Å². The number of halogens is 3. The third-order valence-corrected chi connectivity index (χ3v) is 7.93. The van der Waals surface area contributed by atoms with Crippen LogP contribution in [0.25, 0.3) is 22.2 Å². The first-order chi connectivity index (χ1) is 21.2. The third kappa shape index (κ3) is 5.86. The second-order valence-electron chi connectivity index (χ2n) is 10.4. The largest absolute Gasteiger partial charge is 0.353 e. The molecule has 44 heavy (non-hydrogen) atoms. The van der Waals surface area contributed by atoms with Gasteiger partial charge in [0, 0.05) is 45.4 Å². The number of aromatic amines is 1. The molecular formula is C30H25Cl2FN8O3. The Morgan fingerprint density at radius 3 is 2.61 bits per heavy atom. The smallest absolute Gasteiger partial charge is 0.247 e. The maximum atomic E-state index is 14.7. The maximum absolute atomic E-state index is 14.7. The number of carbonyl (C=O) groups excluding carboxylic acids is 3. The van der Waals surface area contributed by atoms with Gasteiger partial charge in [0.25, 0.3) is 0 Å². The second-order valence-corrected chi connectivity index (χ2v) is 11.2. The zero-order chi connectivity index (χ0) is 31.0. The normalized spacial score (nSPS) is 16.3. The number of rotatable bonds is 8. The highest BCUT2D eigenvalue weighted by Gasteiger charge is 2.40. The van der Waals surface area contributed by atoms with E-state index in [0.29, 0.717) is 54.8 Å². The Morgan fingerprint density at radius 2 is 1.86 bits per heavy atom. The van der Waals surface area contributed by atoms with Crippen molar-refractivity contribution in [1.82, 2.24) is 29.6 Å². The molecule has 1 fully saturated rings. The van der Waals surface area contributed by atoms with Gasteiger partial charge >= 0.3 is 0 Å². The van der Waals surface area contributed by atoms with Crippen LogP contribution in [-0.4, -0.2) is 66.0 Å². The van der Waals surface area contributed by atoms with Crippen molar-refractivity contribution in [2.75, 3.05) is 17.2 Å². The molecule has 2 amide bonds. The lowest BCUT2D eigenvalue weighted by atomic mass is 10.1. The Bertz CT molecular complexity index is 1890. The highest BCUT2D eigenvalue weighted by atomic mass is 35.5. The first-order valence-corrected chi connectivity index (χ1v) is 14.3. The lowest BCUT2D eigenvalue weighted by molar-refractivity contribution is -0.137. The van der Waals surface area contributed by atoms with E-state index >= 15 is 0 Å². The van der Waals surface area contributed by atoms with Crippen LogP contribution in [0.5, 0.6) is 0 Å². The minimum absolute atomic E-state index is 0.157. The lowest BCUT2D eigenvalue weighted by Gasteiger charge is -2.24. The molecule has 1 aliphatic rings. The molecule has 1 aliphatic heterocycles. The molecule has 224 valence electrons. The quantitative estimate of drug-likeness (QED) is 0.187. The van der Waals surface area contributed by atoms with Gasteiger partial charge in [0.1, 0.15) is 25.1 Å². The summed E-state index contributed by atoms with van der Waals surface area (Å²) in [5.41, 5.74) is 3.76. The lowest BCUT2D eigenvalue weighted by Crippen LogP contribution is -2.44. The average molecular weight is 635 g/mol. The van der Waals surface area contributed by atoms with Crippen molar-refractivity contribution in [2.45, 2.75) is 32.1 Å². The van der Waals surface area contributed by atoms with Crippen molar-refractivity contribution in [1.29, 1.82) is 0 Å². The van der Waals surface area contributed by atoms with Crippen LogP contribution in [0.1, 0.15) is 23.7 Å². The third-order valence-electron chi connectivity index (χ3n) is 7.39. The fraction of sp³-hybridized carbons (Fsp3) is 0.200. The number of anilines is 3. The number of benzene rings is 2. The molecule has 1 saturated heterocycles. The number of alkyl halides is 1. The Balaban J connectivity index is 1.22. The topological polar surface area (TPSA) is 138 Å². The molecule has 0 unspecified atom stereocenters. The van der Waals surface area contributed by atoms with Crippen LogP contribution < -0.4 is 10.6 Å². The first kappa shape index (κ1) is 29.3.